The average Bonchev–Trinajstić information content (AvgIpc) is 3.52. The molecule has 2 rings (SSSR count). The first-order chi connectivity index (χ1) is 14.7. The molecule has 0 aromatic rings. The second kappa shape index (κ2) is 23.3. The van der Waals surface area contributed by atoms with Crippen molar-refractivity contribution >= 4 is 248 Å². The first kappa shape index (κ1) is 34.9. The van der Waals surface area contributed by atoms with Crippen LogP contribution in [0.5, 0.6) is 0 Å². The van der Waals surface area contributed by atoms with Crippen molar-refractivity contribution in [1.82, 2.24) is 0 Å². The van der Waals surface area contributed by atoms with E-state index in [1.165, 1.54) is 22.7 Å². The van der Waals surface area contributed by atoms with Gasteiger partial charge in [-0.15, -0.1) is 0 Å². The summed E-state index contributed by atoms with van der Waals surface area (Å²) in [6.07, 6.45) is 2.90. The van der Waals surface area contributed by atoms with Gasteiger partial charge in [-0.2, -0.15) is 0 Å². The predicted molar refractivity (Wildman–Crippen MR) is 211 cm³/mol. The van der Waals surface area contributed by atoms with Gasteiger partial charge in [-0.3, -0.25) is 0 Å². The molecule has 25 heteroatoms. The standard InChI is InChI=1S/C5H8S25/c1-4-2-5(4,3-4)7-9-11-13-15-17-19-21-23-25-27-29-30-28-26-24-22-20-18-16-14-12-10-8-6/h6H,2-3H2,1H3. The number of hydrogen-bond acceptors (Lipinski definition) is 25. The topological polar surface area (TPSA) is 0 Å². The molecule has 0 aromatic carbocycles. The Bertz CT molecular complexity index is 408. The molecule has 0 saturated heterocycles. The van der Waals surface area contributed by atoms with Gasteiger partial charge in [0.15, 0.2) is 0 Å². The Morgan fingerprint density at radius 3 is 0.900 bits per heavy atom. The fourth-order valence-electron chi connectivity index (χ4n) is 1.60. The van der Waals surface area contributed by atoms with Crippen LogP contribution in [0.25, 0.3) is 0 Å². The zero-order valence-electron chi connectivity index (χ0n) is 13.7. The third-order valence-corrected chi connectivity index (χ3v) is 55.1. The molecule has 0 N–H and O–H groups in total. The summed E-state index contributed by atoms with van der Waals surface area (Å²) in [5.74, 6) is 0. The summed E-state index contributed by atoms with van der Waals surface area (Å²) in [5.41, 5.74) is 0.726. The van der Waals surface area contributed by atoms with E-state index in [1.54, 1.807) is 39.3 Å². The Balaban J connectivity index is 1.15. The lowest BCUT2D eigenvalue weighted by Gasteiger charge is -2.00. The summed E-state index contributed by atoms with van der Waals surface area (Å²) in [5, 5.41) is 0. The van der Waals surface area contributed by atoms with Crippen LogP contribution in [0.15, 0.2) is 0 Å². The molecular formula is C5H8S25. The van der Waals surface area contributed by atoms with E-state index in [9.17, 15) is 0 Å². The Kier molecular flexibility index (Phi) is 27.2. The number of hydrogen-bond donors (Lipinski definition) is 1. The van der Waals surface area contributed by atoms with E-state index in [4.69, 9.17) is 0 Å². The zero-order valence-corrected chi connectivity index (χ0v) is 34.1. The molecule has 2 fully saturated rings. The average molecular weight is 870 g/mol. The van der Waals surface area contributed by atoms with E-state index < -0.39 is 0 Å². The number of rotatable bonds is 24. The van der Waals surface area contributed by atoms with Crippen LogP contribution in [0.3, 0.4) is 0 Å². The molecule has 178 valence electrons. The van der Waals surface area contributed by atoms with Gasteiger partial charge in [0.2, 0.25) is 0 Å². The summed E-state index contributed by atoms with van der Waals surface area (Å²) >= 11 is 4.08. The van der Waals surface area contributed by atoms with E-state index in [2.05, 4.69) is 29.4 Å². The Morgan fingerprint density at radius 1 is 0.433 bits per heavy atom. The van der Waals surface area contributed by atoms with Crippen LogP contribution in [0, 0.1) is 5.41 Å². The van der Waals surface area contributed by atoms with E-state index >= 15 is 0 Å². The fourth-order valence-corrected chi connectivity index (χ4v) is 64.2. The normalized spacial score (nSPS) is 24.2. The van der Waals surface area contributed by atoms with Gasteiger partial charge in [-0.25, -0.2) is 0 Å². The molecular weight excluding hydrogens is 862 g/mol. The van der Waals surface area contributed by atoms with Crippen LogP contribution >= 0.6 is 248 Å². The largest absolute Gasteiger partial charge is 0.0988 e. The Morgan fingerprint density at radius 2 is 0.667 bits per heavy atom. The summed E-state index contributed by atoms with van der Waals surface area (Å²) in [4.78, 5) is 0. The van der Waals surface area contributed by atoms with Gasteiger partial charge >= 0.3 is 0 Å². The highest BCUT2D eigenvalue weighted by Gasteiger charge is 2.80. The minimum absolute atomic E-state index is 0.685. The molecule has 2 aliphatic carbocycles. The molecule has 0 heterocycles. The van der Waals surface area contributed by atoms with Crippen molar-refractivity contribution in [3.05, 3.63) is 0 Å². The maximum Gasteiger partial charge on any atom is 0.0338 e. The van der Waals surface area contributed by atoms with Crippen LogP contribution in [-0.2, 0) is 0 Å². The van der Waals surface area contributed by atoms with E-state index in [0.717, 1.165) is 5.41 Å². The van der Waals surface area contributed by atoms with Crippen LogP contribution in [0.1, 0.15) is 19.8 Å². The maximum atomic E-state index is 4.08. The van der Waals surface area contributed by atoms with E-state index in [-0.39, 0.29) is 0 Å². The molecule has 0 aliphatic heterocycles. The van der Waals surface area contributed by atoms with Crippen molar-refractivity contribution in [2.45, 2.75) is 24.5 Å². The van der Waals surface area contributed by atoms with E-state index in [0.29, 0.717) is 4.75 Å². The van der Waals surface area contributed by atoms with Crippen molar-refractivity contribution in [1.29, 1.82) is 0 Å². The SMILES string of the molecule is CC12CC1(SSSSSSSSSSSSSSSSSSSSSSSSS)C2. The van der Waals surface area contributed by atoms with Gasteiger partial charge in [0, 0.05) is 73.5 Å². The van der Waals surface area contributed by atoms with Gasteiger partial charge in [0.1, 0.15) is 0 Å². The van der Waals surface area contributed by atoms with Gasteiger partial charge in [-0.1, -0.05) is 29.4 Å². The molecule has 0 atom stereocenters. The van der Waals surface area contributed by atoms with Gasteiger partial charge in [-0.05, 0) is 175 Å². The van der Waals surface area contributed by atoms with Crippen molar-refractivity contribution in [3.63, 3.8) is 0 Å². The minimum atomic E-state index is 0.685. The highest BCUT2D eigenvalue weighted by Crippen LogP contribution is 2.87. The first-order valence-electron chi connectivity index (χ1n) is 6.38. The molecule has 2 saturated carbocycles. The molecule has 0 amide bonds. The molecule has 0 unspecified atom stereocenters. The molecule has 2 aliphatic rings. The summed E-state index contributed by atoms with van der Waals surface area (Å²) in [6.45, 7) is 2.42. The van der Waals surface area contributed by atoms with Crippen LogP contribution < -0.4 is 0 Å². The lowest BCUT2D eigenvalue weighted by atomic mass is 10.3. The molecule has 30 heavy (non-hydrogen) atoms. The third-order valence-electron chi connectivity index (χ3n) is 3.01. The zero-order chi connectivity index (χ0) is 21.4. The lowest BCUT2D eigenvalue weighted by molar-refractivity contribution is 0.726. The van der Waals surface area contributed by atoms with Gasteiger partial charge < -0.3 is 0 Å². The smallest absolute Gasteiger partial charge is 0.0338 e. The Hall–Kier alpha value is 8.75. The molecule has 0 aromatic heterocycles. The van der Waals surface area contributed by atoms with Crippen LogP contribution in [0.2, 0.25) is 0 Å². The highest BCUT2D eigenvalue weighted by molar-refractivity contribution is 9.60. The third kappa shape index (κ3) is 17.5. The molecule has 0 spiro atoms. The first-order valence-corrected chi connectivity index (χ1v) is 38.9. The summed E-state index contributed by atoms with van der Waals surface area (Å²) < 4.78 is 0.685. The maximum absolute atomic E-state index is 4.08. The fraction of sp³-hybridized carbons (Fsp3) is 1.00. The van der Waals surface area contributed by atoms with Gasteiger partial charge in [0.25, 0.3) is 0 Å². The predicted octanol–water partition coefficient (Wildman–Crippen LogP) is 17.0. The summed E-state index contributed by atoms with van der Waals surface area (Å²) in [6, 6.07) is 0. The van der Waals surface area contributed by atoms with E-state index in [1.807, 2.05) is 177 Å². The monoisotopic (exact) mass is 867 g/mol. The quantitative estimate of drug-likeness (QED) is 0.0555. The van der Waals surface area contributed by atoms with Crippen molar-refractivity contribution < 1.29 is 0 Å². The van der Waals surface area contributed by atoms with Crippen LogP contribution in [0.4, 0.5) is 0 Å². The highest BCUT2D eigenvalue weighted by atomic mass is 34.1. The van der Waals surface area contributed by atoms with Crippen molar-refractivity contribution in [2.24, 2.45) is 5.41 Å². The van der Waals surface area contributed by atoms with Crippen molar-refractivity contribution in [3.8, 4) is 0 Å². The molecule has 0 nitrogen and oxygen atoms in total. The minimum Gasteiger partial charge on any atom is -0.0988 e. The Labute approximate surface area is 272 Å². The number of thiol groups is 1. The van der Waals surface area contributed by atoms with Crippen LogP contribution in [-0.4, -0.2) is 4.75 Å². The summed E-state index contributed by atoms with van der Waals surface area (Å²) in [7, 11) is 43.9. The molecule has 0 bridgehead atoms. The second-order valence-corrected chi connectivity index (χ2v) is 46.9. The second-order valence-electron chi connectivity index (χ2n) is 4.56. The molecule has 0 radical (unpaired) electrons. The number of fused-ring (bicyclic) bond motifs is 1. The van der Waals surface area contributed by atoms with Crippen molar-refractivity contribution in [2.75, 3.05) is 0 Å². The lowest BCUT2D eigenvalue weighted by Crippen LogP contribution is -1.78. The van der Waals surface area contributed by atoms with Gasteiger partial charge in [0.05, 0.1) is 0 Å².